The molecular formula is C15H23N3O5. The van der Waals surface area contributed by atoms with Gasteiger partial charge in [-0.3, -0.25) is 9.69 Å². The van der Waals surface area contributed by atoms with Crippen LogP contribution in [0.2, 0.25) is 0 Å². The van der Waals surface area contributed by atoms with Crippen molar-refractivity contribution in [2.75, 3.05) is 39.4 Å². The molecule has 1 amide bonds. The lowest BCUT2D eigenvalue weighted by molar-refractivity contribution is -0.136. The second kappa shape index (κ2) is 6.96. The summed E-state index contributed by atoms with van der Waals surface area (Å²) in [6.45, 7) is 4.86. The van der Waals surface area contributed by atoms with Crippen molar-refractivity contribution in [2.24, 2.45) is 0 Å². The van der Waals surface area contributed by atoms with E-state index in [9.17, 15) is 15.0 Å². The predicted octanol–water partition coefficient (Wildman–Crippen LogP) is -0.885. The Kier molecular flexibility index (Phi) is 4.96. The number of piperazine rings is 1. The van der Waals surface area contributed by atoms with Crippen molar-refractivity contribution in [3.05, 3.63) is 17.5 Å². The lowest BCUT2D eigenvalue weighted by Crippen LogP contribution is -2.60. The summed E-state index contributed by atoms with van der Waals surface area (Å²) >= 11 is 0. The first-order chi connectivity index (χ1) is 11.1. The molecule has 2 fully saturated rings. The van der Waals surface area contributed by atoms with E-state index in [1.54, 1.807) is 11.0 Å². The van der Waals surface area contributed by atoms with E-state index in [2.05, 4.69) is 10.1 Å². The summed E-state index contributed by atoms with van der Waals surface area (Å²) in [6.07, 6.45) is -0.958. The van der Waals surface area contributed by atoms with Gasteiger partial charge in [-0.05, 0) is 0 Å². The number of aliphatic hydroxyl groups is 2. The van der Waals surface area contributed by atoms with E-state index in [0.29, 0.717) is 50.7 Å². The third-order valence-electron chi connectivity index (χ3n) is 4.56. The predicted molar refractivity (Wildman–Crippen MR) is 80.0 cm³/mol. The summed E-state index contributed by atoms with van der Waals surface area (Å²) in [4.78, 5) is 16.2. The van der Waals surface area contributed by atoms with E-state index in [1.165, 1.54) is 0 Å². The molecule has 128 valence electrons. The maximum Gasteiger partial charge on any atom is 0.276 e. The fraction of sp³-hybridized carbons (Fsp3) is 0.733. The van der Waals surface area contributed by atoms with E-state index in [4.69, 9.17) is 9.26 Å². The van der Waals surface area contributed by atoms with Crippen LogP contribution in [-0.2, 0) is 11.2 Å². The average Bonchev–Trinajstić information content (AvgIpc) is 3.06. The molecular weight excluding hydrogens is 302 g/mol. The third-order valence-corrected chi connectivity index (χ3v) is 4.56. The molecule has 3 heterocycles. The van der Waals surface area contributed by atoms with Gasteiger partial charge in [0, 0.05) is 38.7 Å². The Labute approximate surface area is 134 Å². The van der Waals surface area contributed by atoms with Gasteiger partial charge in [-0.15, -0.1) is 0 Å². The number of carbonyl (C=O) groups is 1. The number of aliphatic hydroxyl groups excluding tert-OH is 2. The lowest BCUT2D eigenvalue weighted by Gasteiger charge is -2.43. The molecule has 8 heteroatoms. The van der Waals surface area contributed by atoms with Crippen LogP contribution < -0.4 is 0 Å². The molecule has 0 aliphatic carbocycles. The molecule has 3 atom stereocenters. The molecule has 0 saturated carbocycles. The van der Waals surface area contributed by atoms with Gasteiger partial charge in [-0.2, -0.15) is 0 Å². The molecule has 0 bridgehead atoms. The molecule has 2 N–H and O–H groups in total. The van der Waals surface area contributed by atoms with Crippen LogP contribution in [0.3, 0.4) is 0 Å². The Balaban J connectivity index is 1.56. The molecule has 3 rings (SSSR count). The zero-order chi connectivity index (χ0) is 16.4. The Bertz CT molecular complexity index is 541. The fourth-order valence-corrected chi connectivity index (χ4v) is 3.08. The highest BCUT2D eigenvalue weighted by Gasteiger charge is 2.37. The first-order valence-corrected chi connectivity index (χ1v) is 8.03. The molecule has 8 nitrogen and oxygen atoms in total. The van der Waals surface area contributed by atoms with Crippen molar-refractivity contribution in [3.63, 3.8) is 0 Å². The Hall–Kier alpha value is -1.48. The summed E-state index contributed by atoms with van der Waals surface area (Å²) in [6, 6.07) is 1.46. The van der Waals surface area contributed by atoms with E-state index in [0.717, 1.165) is 0 Å². The Morgan fingerprint density at radius 3 is 2.70 bits per heavy atom. The molecule has 1 aromatic heterocycles. The number of aromatic nitrogens is 1. The minimum atomic E-state index is -0.851. The number of hydrogen-bond acceptors (Lipinski definition) is 7. The maximum atomic E-state index is 12.4. The molecule has 1 aromatic rings. The lowest BCUT2D eigenvalue weighted by atomic mass is 10.0. The Morgan fingerprint density at radius 1 is 1.30 bits per heavy atom. The number of aryl methyl sites for hydroxylation is 1. The highest BCUT2D eigenvalue weighted by Crippen LogP contribution is 2.18. The van der Waals surface area contributed by atoms with E-state index >= 15 is 0 Å². The van der Waals surface area contributed by atoms with Gasteiger partial charge in [-0.1, -0.05) is 12.1 Å². The van der Waals surface area contributed by atoms with Gasteiger partial charge in [0.05, 0.1) is 25.4 Å². The third kappa shape index (κ3) is 3.40. The summed E-state index contributed by atoms with van der Waals surface area (Å²) in [7, 11) is 0. The number of ether oxygens (including phenoxy) is 1. The minimum absolute atomic E-state index is 0.131. The van der Waals surface area contributed by atoms with Crippen LogP contribution in [0.1, 0.15) is 23.2 Å². The molecule has 0 spiro atoms. The van der Waals surface area contributed by atoms with Crippen molar-refractivity contribution in [1.29, 1.82) is 0 Å². The summed E-state index contributed by atoms with van der Waals surface area (Å²) in [5.74, 6) is 0.567. The molecule has 0 aromatic carbocycles. The fourth-order valence-electron chi connectivity index (χ4n) is 3.08. The van der Waals surface area contributed by atoms with Crippen LogP contribution in [0.15, 0.2) is 10.6 Å². The van der Waals surface area contributed by atoms with Gasteiger partial charge in [-0.25, -0.2) is 0 Å². The maximum absolute atomic E-state index is 12.4. The Morgan fingerprint density at radius 2 is 2.04 bits per heavy atom. The minimum Gasteiger partial charge on any atom is -0.389 e. The second-order valence-electron chi connectivity index (χ2n) is 6.02. The number of rotatable bonds is 3. The first-order valence-electron chi connectivity index (χ1n) is 8.03. The topological polar surface area (TPSA) is 99.3 Å². The summed E-state index contributed by atoms with van der Waals surface area (Å²) < 4.78 is 10.4. The van der Waals surface area contributed by atoms with E-state index in [1.807, 2.05) is 6.92 Å². The normalized spacial score (nSPS) is 29.7. The van der Waals surface area contributed by atoms with Crippen LogP contribution in [0.5, 0.6) is 0 Å². The summed E-state index contributed by atoms with van der Waals surface area (Å²) in [5.41, 5.74) is 0.340. The molecule has 2 aliphatic heterocycles. The van der Waals surface area contributed by atoms with Crippen molar-refractivity contribution in [3.8, 4) is 0 Å². The number of hydrogen-bond donors (Lipinski definition) is 2. The second-order valence-corrected chi connectivity index (χ2v) is 6.02. The van der Waals surface area contributed by atoms with E-state index in [-0.39, 0.29) is 18.6 Å². The molecule has 0 radical (unpaired) electrons. The van der Waals surface area contributed by atoms with Crippen LogP contribution in [0.4, 0.5) is 0 Å². The van der Waals surface area contributed by atoms with Crippen LogP contribution in [0, 0.1) is 0 Å². The molecule has 0 unspecified atom stereocenters. The van der Waals surface area contributed by atoms with Crippen molar-refractivity contribution >= 4 is 5.91 Å². The van der Waals surface area contributed by atoms with Gasteiger partial charge < -0.3 is 24.4 Å². The standard InChI is InChI=1S/C15H23N3O5/c1-2-10-7-11(16-23-10)15(21)18-5-3-17(4-6-18)12-8-22-9-13(19)14(12)20/h7,12-14,19-20H,2-6,8-9H2,1H3/t12-,13-,14+/m1/s1. The average molecular weight is 325 g/mol. The quantitative estimate of drug-likeness (QED) is 0.744. The van der Waals surface area contributed by atoms with Crippen molar-refractivity contribution in [2.45, 2.75) is 31.6 Å². The van der Waals surface area contributed by atoms with Gasteiger partial charge in [0.2, 0.25) is 0 Å². The number of amides is 1. The van der Waals surface area contributed by atoms with Gasteiger partial charge in [0.25, 0.3) is 5.91 Å². The zero-order valence-corrected chi connectivity index (χ0v) is 13.2. The van der Waals surface area contributed by atoms with Crippen molar-refractivity contribution < 1.29 is 24.3 Å². The van der Waals surface area contributed by atoms with Crippen LogP contribution >= 0.6 is 0 Å². The molecule has 2 saturated heterocycles. The van der Waals surface area contributed by atoms with Crippen LogP contribution in [0.25, 0.3) is 0 Å². The zero-order valence-electron chi connectivity index (χ0n) is 13.2. The molecule has 23 heavy (non-hydrogen) atoms. The molecule has 2 aliphatic rings. The SMILES string of the molecule is CCc1cc(C(=O)N2CCN([C@@H]3COC[C@@H](O)[C@H]3O)CC2)no1. The highest BCUT2D eigenvalue weighted by atomic mass is 16.5. The number of nitrogens with zero attached hydrogens (tertiary/aromatic N) is 3. The van der Waals surface area contributed by atoms with Crippen molar-refractivity contribution in [1.82, 2.24) is 15.0 Å². The van der Waals surface area contributed by atoms with Gasteiger partial charge in [0.15, 0.2) is 5.69 Å². The highest BCUT2D eigenvalue weighted by molar-refractivity contribution is 5.92. The first kappa shape index (κ1) is 16.4. The van der Waals surface area contributed by atoms with E-state index < -0.39 is 12.2 Å². The largest absolute Gasteiger partial charge is 0.389 e. The monoisotopic (exact) mass is 325 g/mol. The smallest absolute Gasteiger partial charge is 0.276 e. The van der Waals surface area contributed by atoms with Crippen LogP contribution in [-0.4, -0.2) is 88.7 Å². The van der Waals surface area contributed by atoms with Gasteiger partial charge in [0.1, 0.15) is 11.9 Å². The summed E-state index contributed by atoms with van der Waals surface area (Å²) in [5, 5.41) is 23.6. The number of carbonyl (C=O) groups excluding carboxylic acids is 1. The van der Waals surface area contributed by atoms with Gasteiger partial charge >= 0.3 is 0 Å².